The van der Waals surface area contributed by atoms with Gasteiger partial charge >= 0.3 is 0 Å². The van der Waals surface area contributed by atoms with Crippen molar-refractivity contribution in [3.8, 4) is 0 Å². The van der Waals surface area contributed by atoms with Crippen LogP contribution in [0.15, 0.2) is 0 Å². The predicted molar refractivity (Wildman–Crippen MR) is 56.8 cm³/mol. The molecule has 0 aliphatic heterocycles. The molecule has 0 aromatic heterocycles. The predicted octanol–water partition coefficient (Wildman–Crippen LogP) is 2.95. The van der Waals surface area contributed by atoms with Crippen molar-refractivity contribution in [1.29, 1.82) is 0 Å². The minimum absolute atomic E-state index is 0.857. The topological polar surface area (TPSA) is 12.0 Å². The van der Waals surface area contributed by atoms with E-state index in [1.807, 2.05) is 0 Å². The van der Waals surface area contributed by atoms with Gasteiger partial charge in [0.1, 0.15) is 0 Å². The van der Waals surface area contributed by atoms with Crippen molar-refractivity contribution < 1.29 is 0 Å². The van der Waals surface area contributed by atoms with Crippen LogP contribution in [-0.2, 0) is 0 Å². The van der Waals surface area contributed by atoms with Gasteiger partial charge in [0.25, 0.3) is 0 Å². The van der Waals surface area contributed by atoms with Gasteiger partial charge in [-0.2, -0.15) is 0 Å². The first kappa shape index (κ1) is 9.51. The second kappa shape index (κ2) is 4.45. The maximum Gasteiger partial charge on any atom is 0.00697 e. The van der Waals surface area contributed by atoms with Gasteiger partial charge in [0.2, 0.25) is 0 Å². The molecule has 0 aromatic carbocycles. The van der Waals surface area contributed by atoms with E-state index in [0.717, 1.165) is 24.4 Å². The van der Waals surface area contributed by atoms with Gasteiger partial charge in [0, 0.05) is 6.04 Å². The third kappa shape index (κ3) is 2.25. The Labute approximate surface area is 82.3 Å². The molecule has 0 saturated heterocycles. The molecule has 1 N–H and O–H groups in total. The zero-order valence-electron chi connectivity index (χ0n) is 8.89. The second-order valence-electron chi connectivity index (χ2n) is 4.87. The van der Waals surface area contributed by atoms with Crippen molar-refractivity contribution >= 4 is 0 Å². The molecule has 2 aliphatic rings. The van der Waals surface area contributed by atoms with E-state index in [1.54, 1.807) is 0 Å². The van der Waals surface area contributed by atoms with E-state index >= 15 is 0 Å². The van der Waals surface area contributed by atoms with Gasteiger partial charge in [-0.25, -0.2) is 0 Å². The van der Waals surface area contributed by atoms with E-state index in [9.17, 15) is 0 Å². The monoisotopic (exact) mass is 181 g/mol. The van der Waals surface area contributed by atoms with Gasteiger partial charge in [0.05, 0.1) is 0 Å². The summed E-state index contributed by atoms with van der Waals surface area (Å²) in [6.07, 6.45) is 10.5. The molecule has 2 saturated carbocycles. The number of nitrogens with one attached hydrogen (secondary N) is 1. The first-order valence-electron chi connectivity index (χ1n) is 6.13. The maximum atomic E-state index is 3.60. The molecule has 13 heavy (non-hydrogen) atoms. The highest BCUT2D eigenvalue weighted by molar-refractivity contribution is 4.86. The van der Waals surface area contributed by atoms with Gasteiger partial charge in [-0.05, 0) is 37.6 Å². The number of hydrogen-bond acceptors (Lipinski definition) is 1. The third-order valence-electron chi connectivity index (χ3n) is 4.03. The molecule has 0 amide bonds. The first-order chi connectivity index (χ1) is 6.40. The lowest BCUT2D eigenvalue weighted by Crippen LogP contribution is -2.26. The Morgan fingerprint density at radius 1 is 1.00 bits per heavy atom. The molecule has 1 nitrogen and oxygen atoms in total. The Bertz CT molecular complexity index is 149. The summed E-state index contributed by atoms with van der Waals surface area (Å²) in [4.78, 5) is 0. The second-order valence-corrected chi connectivity index (χ2v) is 4.87. The molecular weight excluding hydrogens is 158 g/mol. The summed E-state index contributed by atoms with van der Waals surface area (Å²) in [5.41, 5.74) is 0. The van der Waals surface area contributed by atoms with Crippen molar-refractivity contribution in [1.82, 2.24) is 5.32 Å². The van der Waals surface area contributed by atoms with Crippen LogP contribution in [0.2, 0.25) is 0 Å². The van der Waals surface area contributed by atoms with Crippen LogP contribution in [0.4, 0.5) is 0 Å². The average Bonchev–Trinajstić information content (AvgIpc) is 2.70. The molecule has 2 atom stereocenters. The van der Waals surface area contributed by atoms with Gasteiger partial charge in [0.15, 0.2) is 0 Å². The van der Waals surface area contributed by atoms with Crippen LogP contribution in [0.5, 0.6) is 0 Å². The van der Waals surface area contributed by atoms with Crippen LogP contribution in [0.25, 0.3) is 0 Å². The maximum absolute atomic E-state index is 3.60. The molecular formula is C12H23N. The van der Waals surface area contributed by atoms with E-state index in [2.05, 4.69) is 12.2 Å². The summed E-state index contributed by atoms with van der Waals surface area (Å²) in [6, 6.07) is 0.857. The summed E-state index contributed by atoms with van der Waals surface area (Å²) < 4.78 is 0. The van der Waals surface area contributed by atoms with Gasteiger partial charge in [-0.15, -0.1) is 0 Å². The minimum Gasteiger partial charge on any atom is -0.314 e. The largest absolute Gasteiger partial charge is 0.314 e. The first-order valence-corrected chi connectivity index (χ1v) is 6.13. The smallest absolute Gasteiger partial charge is 0.00697 e. The fourth-order valence-electron chi connectivity index (χ4n) is 3.35. The quantitative estimate of drug-likeness (QED) is 0.706. The van der Waals surface area contributed by atoms with Crippen LogP contribution in [0, 0.1) is 11.8 Å². The van der Waals surface area contributed by atoms with Crippen molar-refractivity contribution in [2.45, 2.75) is 57.9 Å². The number of rotatable bonds is 3. The lowest BCUT2D eigenvalue weighted by atomic mass is 9.89. The standard InChI is InChI=1S/C12H23N/c1-2-13-12-8-7-11(9-12)10-5-3-4-6-10/h10-13H,2-9H2,1H3. The Hall–Kier alpha value is -0.0400. The summed E-state index contributed by atoms with van der Waals surface area (Å²) in [7, 11) is 0. The molecule has 2 rings (SSSR count). The summed E-state index contributed by atoms with van der Waals surface area (Å²) in [6.45, 7) is 3.38. The van der Waals surface area contributed by atoms with Crippen molar-refractivity contribution in [2.75, 3.05) is 6.54 Å². The molecule has 0 heterocycles. The molecule has 0 bridgehead atoms. The van der Waals surface area contributed by atoms with E-state index in [4.69, 9.17) is 0 Å². The third-order valence-corrected chi connectivity index (χ3v) is 4.03. The van der Waals surface area contributed by atoms with E-state index < -0.39 is 0 Å². The Morgan fingerprint density at radius 3 is 2.46 bits per heavy atom. The fourth-order valence-corrected chi connectivity index (χ4v) is 3.35. The summed E-state index contributed by atoms with van der Waals surface area (Å²) >= 11 is 0. The van der Waals surface area contributed by atoms with Crippen LogP contribution in [-0.4, -0.2) is 12.6 Å². The van der Waals surface area contributed by atoms with Gasteiger partial charge < -0.3 is 5.32 Å². The summed E-state index contributed by atoms with van der Waals surface area (Å²) in [5, 5.41) is 3.60. The summed E-state index contributed by atoms with van der Waals surface area (Å²) in [5.74, 6) is 2.18. The highest BCUT2D eigenvalue weighted by Gasteiger charge is 2.31. The SMILES string of the molecule is CCNC1CCC(C2CCCC2)C1. The Kier molecular flexibility index (Phi) is 3.26. The van der Waals surface area contributed by atoms with E-state index in [1.165, 1.54) is 44.9 Å². The van der Waals surface area contributed by atoms with Crippen molar-refractivity contribution in [2.24, 2.45) is 11.8 Å². The van der Waals surface area contributed by atoms with Crippen molar-refractivity contribution in [3.63, 3.8) is 0 Å². The molecule has 0 aromatic rings. The van der Waals surface area contributed by atoms with Gasteiger partial charge in [-0.1, -0.05) is 32.6 Å². The molecule has 2 aliphatic carbocycles. The molecule has 2 unspecified atom stereocenters. The van der Waals surface area contributed by atoms with Crippen LogP contribution in [0.1, 0.15) is 51.9 Å². The molecule has 0 radical (unpaired) electrons. The zero-order chi connectivity index (χ0) is 9.10. The number of hydrogen-bond donors (Lipinski definition) is 1. The van der Waals surface area contributed by atoms with Crippen LogP contribution in [0.3, 0.4) is 0 Å². The van der Waals surface area contributed by atoms with Gasteiger partial charge in [-0.3, -0.25) is 0 Å². The van der Waals surface area contributed by atoms with E-state index in [-0.39, 0.29) is 0 Å². The lowest BCUT2D eigenvalue weighted by molar-refractivity contribution is 0.338. The molecule has 76 valence electrons. The van der Waals surface area contributed by atoms with Crippen molar-refractivity contribution in [3.05, 3.63) is 0 Å². The Morgan fingerprint density at radius 2 is 1.77 bits per heavy atom. The minimum atomic E-state index is 0.857. The molecule has 0 spiro atoms. The Balaban J connectivity index is 1.76. The highest BCUT2D eigenvalue weighted by atomic mass is 14.9. The average molecular weight is 181 g/mol. The fraction of sp³-hybridized carbons (Fsp3) is 1.00. The zero-order valence-corrected chi connectivity index (χ0v) is 8.89. The van der Waals surface area contributed by atoms with Crippen LogP contribution < -0.4 is 5.32 Å². The normalized spacial score (nSPS) is 35.8. The van der Waals surface area contributed by atoms with E-state index in [0.29, 0.717) is 0 Å². The van der Waals surface area contributed by atoms with Crippen LogP contribution >= 0.6 is 0 Å². The molecule has 1 heteroatoms. The lowest BCUT2D eigenvalue weighted by Gasteiger charge is -2.18. The molecule has 2 fully saturated rings. The highest BCUT2D eigenvalue weighted by Crippen LogP contribution is 2.40.